The van der Waals surface area contributed by atoms with E-state index in [1.54, 1.807) is 0 Å². The molecule has 0 aromatic carbocycles. The SMILES string of the molecule is NC(=O)[C@@H]1N[C@@H]2CC[C@H]1C2. The van der Waals surface area contributed by atoms with Gasteiger partial charge in [-0.25, -0.2) is 0 Å². The molecule has 2 rings (SSSR count). The number of nitrogens with one attached hydrogen (secondary N) is 1. The first-order valence-electron chi connectivity index (χ1n) is 3.83. The highest BCUT2D eigenvalue weighted by atomic mass is 16.1. The fourth-order valence-electron chi connectivity index (χ4n) is 2.17. The van der Waals surface area contributed by atoms with Crippen molar-refractivity contribution in [2.24, 2.45) is 11.7 Å². The Balaban J connectivity index is 2.08. The lowest BCUT2D eigenvalue weighted by atomic mass is 10.00. The van der Waals surface area contributed by atoms with Crippen molar-refractivity contribution >= 4 is 5.91 Å². The molecule has 1 saturated heterocycles. The van der Waals surface area contributed by atoms with Gasteiger partial charge in [-0.3, -0.25) is 4.79 Å². The average molecular weight is 140 g/mol. The van der Waals surface area contributed by atoms with Gasteiger partial charge in [0.15, 0.2) is 0 Å². The van der Waals surface area contributed by atoms with Crippen molar-refractivity contribution in [2.75, 3.05) is 0 Å². The minimum atomic E-state index is -0.174. The van der Waals surface area contributed by atoms with E-state index in [-0.39, 0.29) is 11.9 Å². The molecule has 1 heterocycles. The van der Waals surface area contributed by atoms with Crippen LogP contribution < -0.4 is 11.1 Å². The number of fused-ring (bicyclic) bond motifs is 2. The molecule has 3 N–H and O–H groups in total. The molecule has 0 unspecified atom stereocenters. The van der Waals surface area contributed by atoms with Crippen molar-refractivity contribution < 1.29 is 4.79 Å². The van der Waals surface area contributed by atoms with Crippen molar-refractivity contribution in [1.82, 2.24) is 5.32 Å². The number of rotatable bonds is 1. The van der Waals surface area contributed by atoms with Crippen LogP contribution in [-0.2, 0) is 4.79 Å². The Bertz CT molecular complexity index is 169. The minimum absolute atomic E-state index is 0.0150. The zero-order valence-electron chi connectivity index (χ0n) is 5.84. The van der Waals surface area contributed by atoms with Gasteiger partial charge in [-0.05, 0) is 25.2 Å². The van der Waals surface area contributed by atoms with Crippen LogP contribution in [0.15, 0.2) is 0 Å². The van der Waals surface area contributed by atoms with E-state index in [9.17, 15) is 4.79 Å². The quantitative estimate of drug-likeness (QED) is 0.521. The maximum absolute atomic E-state index is 10.8. The van der Waals surface area contributed by atoms with Crippen molar-refractivity contribution in [1.29, 1.82) is 0 Å². The second kappa shape index (κ2) is 1.95. The van der Waals surface area contributed by atoms with Crippen molar-refractivity contribution in [3.63, 3.8) is 0 Å². The van der Waals surface area contributed by atoms with Crippen LogP contribution in [0, 0.1) is 5.92 Å². The van der Waals surface area contributed by atoms with E-state index >= 15 is 0 Å². The van der Waals surface area contributed by atoms with Crippen LogP contribution in [0.25, 0.3) is 0 Å². The Kier molecular flexibility index (Phi) is 1.20. The van der Waals surface area contributed by atoms with Crippen molar-refractivity contribution in [2.45, 2.75) is 31.3 Å². The minimum Gasteiger partial charge on any atom is -0.368 e. The highest BCUT2D eigenvalue weighted by molar-refractivity contribution is 5.80. The molecule has 1 aliphatic carbocycles. The van der Waals surface area contributed by atoms with E-state index in [0.29, 0.717) is 12.0 Å². The first-order chi connectivity index (χ1) is 4.77. The molecule has 1 aliphatic heterocycles. The summed E-state index contributed by atoms with van der Waals surface area (Å²) >= 11 is 0. The largest absolute Gasteiger partial charge is 0.368 e. The van der Waals surface area contributed by atoms with Gasteiger partial charge in [0, 0.05) is 6.04 Å². The summed E-state index contributed by atoms with van der Waals surface area (Å²) in [6, 6.07) is 0.571. The normalized spacial score (nSPS) is 44.2. The number of amides is 1. The number of hydrogen-bond donors (Lipinski definition) is 2. The third kappa shape index (κ3) is 0.736. The van der Waals surface area contributed by atoms with Gasteiger partial charge < -0.3 is 11.1 Å². The van der Waals surface area contributed by atoms with Crippen LogP contribution in [0.2, 0.25) is 0 Å². The first kappa shape index (κ1) is 6.16. The molecular weight excluding hydrogens is 128 g/mol. The molecule has 0 aromatic heterocycles. The molecule has 2 bridgehead atoms. The van der Waals surface area contributed by atoms with E-state index in [4.69, 9.17) is 5.73 Å². The van der Waals surface area contributed by atoms with Gasteiger partial charge in [0.05, 0.1) is 6.04 Å². The van der Waals surface area contributed by atoms with E-state index in [0.717, 1.165) is 6.42 Å². The molecule has 56 valence electrons. The zero-order valence-corrected chi connectivity index (χ0v) is 5.84. The highest BCUT2D eigenvalue weighted by Gasteiger charge is 2.41. The fourth-order valence-corrected chi connectivity index (χ4v) is 2.17. The molecule has 0 spiro atoms. The summed E-state index contributed by atoms with van der Waals surface area (Å²) in [6.07, 6.45) is 3.58. The van der Waals surface area contributed by atoms with E-state index in [1.807, 2.05) is 0 Å². The van der Waals surface area contributed by atoms with Gasteiger partial charge in [-0.2, -0.15) is 0 Å². The third-order valence-corrected chi connectivity index (χ3v) is 2.67. The van der Waals surface area contributed by atoms with Crippen molar-refractivity contribution in [3.05, 3.63) is 0 Å². The number of piperidine rings is 1. The summed E-state index contributed by atoms with van der Waals surface area (Å²) in [5.41, 5.74) is 5.18. The Morgan fingerprint density at radius 2 is 2.30 bits per heavy atom. The molecule has 1 amide bonds. The summed E-state index contributed by atoms with van der Waals surface area (Å²) < 4.78 is 0. The van der Waals surface area contributed by atoms with Crippen LogP contribution in [0.4, 0.5) is 0 Å². The zero-order chi connectivity index (χ0) is 7.14. The lowest BCUT2D eigenvalue weighted by molar-refractivity contribution is -0.120. The van der Waals surface area contributed by atoms with Gasteiger partial charge in [0.1, 0.15) is 0 Å². The Labute approximate surface area is 60.0 Å². The summed E-state index contributed by atoms with van der Waals surface area (Å²) in [5.74, 6) is 0.370. The Morgan fingerprint density at radius 3 is 2.60 bits per heavy atom. The molecule has 0 radical (unpaired) electrons. The monoisotopic (exact) mass is 140 g/mol. The summed E-state index contributed by atoms with van der Waals surface area (Å²) in [5, 5.41) is 3.22. The molecule has 2 aliphatic rings. The predicted octanol–water partition coefficient (Wildman–Crippen LogP) is -0.388. The van der Waals surface area contributed by atoms with E-state index in [1.165, 1.54) is 12.8 Å². The smallest absolute Gasteiger partial charge is 0.234 e. The van der Waals surface area contributed by atoms with Gasteiger partial charge >= 0.3 is 0 Å². The van der Waals surface area contributed by atoms with Crippen LogP contribution in [-0.4, -0.2) is 18.0 Å². The molecule has 3 nitrogen and oxygen atoms in total. The van der Waals surface area contributed by atoms with Gasteiger partial charge in [0.25, 0.3) is 0 Å². The molecule has 1 saturated carbocycles. The summed E-state index contributed by atoms with van der Waals surface area (Å²) in [4.78, 5) is 10.8. The third-order valence-electron chi connectivity index (χ3n) is 2.67. The van der Waals surface area contributed by atoms with Crippen LogP contribution in [0.3, 0.4) is 0 Å². The van der Waals surface area contributed by atoms with E-state index < -0.39 is 0 Å². The van der Waals surface area contributed by atoms with Gasteiger partial charge in [0.2, 0.25) is 5.91 Å². The van der Waals surface area contributed by atoms with E-state index in [2.05, 4.69) is 5.32 Å². The number of carbonyl (C=O) groups excluding carboxylic acids is 1. The summed E-state index contributed by atoms with van der Waals surface area (Å²) in [7, 11) is 0. The van der Waals surface area contributed by atoms with Crippen LogP contribution in [0.1, 0.15) is 19.3 Å². The lowest BCUT2D eigenvalue weighted by Crippen LogP contribution is -2.45. The number of nitrogens with two attached hydrogens (primary N) is 1. The maximum atomic E-state index is 10.8. The predicted molar refractivity (Wildman–Crippen MR) is 37.2 cm³/mol. The summed E-state index contributed by atoms with van der Waals surface area (Å²) in [6.45, 7) is 0. The Morgan fingerprint density at radius 1 is 1.50 bits per heavy atom. The first-order valence-corrected chi connectivity index (χ1v) is 3.83. The molecule has 3 atom stereocenters. The highest BCUT2D eigenvalue weighted by Crippen LogP contribution is 2.34. The molecule has 10 heavy (non-hydrogen) atoms. The van der Waals surface area contributed by atoms with Gasteiger partial charge in [-0.1, -0.05) is 0 Å². The average Bonchev–Trinajstić information content (AvgIpc) is 2.44. The fraction of sp³-hybridized carbons (Fsp3) is 0.857. The lowest BCUT2D eigenvalue weighted by Gasteiger charge is -2.19. The molecule has 2 fully saturated rings. The topological polar surface area (TPSA) is 55.1 Å². The second-order valence-electron chi connectivity index (χ2n) is 3.32. The second-order valence-corrected chi connectivity index (χ2v) is 3.32. The van der Waals surface area contributed by atoms with Gasteiger partial charge in [-0.15, -0.1) is 0 Å². The number of carbonyl (C=O) groups is 1. The van der Waals surface area contributed by atoms with Crippen LogP contribution in [0.5, 0.6) is 0 Å². The number of primary amides is 1. The standard InChI is InChI=1S/C7H12N2O/c8-7(10)6-4-1-2-5(3-4)9-6/h4-6,9H,1-3H2,(H2,8,10)/t4-,5+,6+/m0/s1. The van der Waals surface area contributed by atoms with Crippen molar-refractivity contribution in [3.8, 4) is 0 Å². The molecule has 3 heteroatoms. The maximum Gasteiger partial charge on any atom is 0.234 e. The Hall–Kier alpha value is -0.570. The van der Waals surface area contributed by atoms with Crippen LogP contribution >= 0.6 is 0 Å². The molecule has 0 aromatic rings. The number of hydrogen-bond acceptors (Lipinski definition) is 2. The molecular formula is C7H12N2O.